The van der Waals surface area contributed by atoms with Gasteiger partial charge in [-0.2, -0.15) is 0 Å². The molecule has 1 amide bonds. The van der Waals surface area contributed by atoms with Gasteiger partial charge in [0, 0.05) is 31.7 Å². The number of carbonyl (C=O) groups excluding carboxylic acids is 1. The van der Waals surface area contributed by atoms with Gasteiger partial charge in [0.25, 0.3) is 5.91 Å². The molecular weight excluding hydrogens is 472 g/mol. The van der Waals surface area contributed by atoms with Crippen LogP contribution in [-0.2, 0) is 11.3 Å². The molecule has 1 atom stereocenters. The summed E-state index contributed by atoms with van der Waals surface area (Å²) in [5.74, 6) is -1.20. The third kappa shape index (κ3) is 6.16. The zero-order chi connectivity index (χ0) is 24.2. The van der Waals surface area contributed by atoms with Crippen LogP contribution in [0.4, 0.5) is 13.9 Å². The van der Waals surface area contributed by atoms with Crippen LogP contribution in [-0.4, -0.2) is 65.7 Å². The zero-order valence-corrected chi connectivity index (χ0v) is 20.7. The summed E-state index contributed by atoms with van der Waals surface area (Å²) in [5.41, 5.74) is 0.00103. The van der Waals surface area contributed by atoms with Crippen LogP contribution in [0.5, 0.6) is 0 Å². The maximum absolute atomic E-state index is 13.7. The van der Waals surface area contributed by atoms with Crippen LogP contribution >= 0.6 is 11.3 Å². The molecule has 4 heterocycles. The fraction of sp³-hybridized carbons (Fsp3) is 0.640. The Morgan fingerprint density at radius 2 is 1.91 bits per heavy atom. The molecule has 5 rings (SSSR count). The van der Waals surface area contributed by atoms with E-state index in [-0.39, 0.29) is 18.1 Å². The van der Waals surface area contributed by atoms with Gasteiger partial charge in [0.05, 0.1) is 37.3 Å². The molecule has 2 aromatic heterocycles. The third-order valence-electron chi connectivity index (χ3n) is 7.44. The first kappa shape index (κ1) is 24.5. The topological polar surface area (TPSA) is 70.6 Å². The molecule has 3 fully saturated rings. The summed E-state index contributed by atoms with van der Waals surface area (Å²) in [6, 6.07) is 1.36. The highest BCUT2D eigenvalue weighted by atomic mass is 32.1. The Balaban J connectivity index is 1.08. The number of rotatable bonds is 8. The van der Waals surface area contributed by atoms with E-state index in [0.29, 0.717) is 22.9 Å². The lowest BCUT2D eigenvalue weighted by molar-refractivity contribution is -0.0327. The lowest BCUT2D eigenvalue weighted by Crippen LogP contribution is -2.49. The van der Waals surface area contributed by atoms with Gasteiger partial charge in [-0.05, 0) is 57.4 Å². The van der Waals surface area contributed by atoms with Crippen molar-refractivity contribution in [2.75, 3.05) is 37.7 Å². The predicted molar refractivity (Wildman–Crippen MR) is 131 cm³/mol. The van der Waals surface area contributed by atoms with Crippen molar-refractivity contribution in [3.8, 4) is 0 Å². The van der Waals surface area contributed by atoms with Crippen molar-refractivity contribution in [1.82, 2.24) is 20.2 Å². The van der Waals surface area contributed by atoms with Gasteiger partial charge in [0.15, 0.2) is 5.13 Å². The molecule has 0 aromatic carbocycles. The number of nitrogens with one attached hydrogen (secondary N) is 1. The Morgan fingerprint density at radius 1 is 1.09 bits per heavy atom. The number of likely N-dealkylation sites (tertiary alicyclic amines) is 1. The number of hydrogen-bond acceptors (Lipinski definition) is 7. The number of piperidine rings is 2. The number of pyridine rings is 1. The normalized spacial score (nSPS) is 22.2. The molecule has 1 aliphatic carbocycles. The maximum atomic E-state index is 13.7. The van der Waals surface area contributed by atoms with E-state index in [2.05, 4.69) is 25.1 Å². The lowest BCUT2D eigenvalue weighted by atomic mass is 9.93. The molecule has 3 aliphatic rings. The highest BCUT2D eigenvalue weighted by Gasteiger charge is 2.30. The average molecular weight is 506 g/mol. The molecule has 0 unspecified atom stereocenters. The van der Waals surface area contributed by atoms with E-state index >= 15 is 0 Å². The van der Waals surface area contributed by atoms with Crippen LogP contribution < -0.4 is 10.2 Å². The standard InChI is InChI=1S/C25H33F2N5O2S/c26-18-11-21(27)22(28-12-18)13-29-24(33)23-14-30-25(35-23)31-9-6-19(7-10-31)32-8-2-3-17(15-32)16-34-20-4-1-5-20/h11-12,14,17,19-20H,1-10,13,15-16H2,(H,29,33)/t17-/m1/s1. The number of ether oxygens (including phenoxy) is 1. The molecule has 10 heteroatoms. The molecule has 0 radical (unpaired) electrons. The van der Waals surface area contributed by atoms with Crippen molar-refractivity contribution >= 4 is 22.4 Å². The van der Waals surface area contributed by atoms with Crippen LogP contribution in [0, 0.1) is 17.6 Å². The molecule has 7 nitrogen and oxygen atoms in total. The second-order valence-corrected chi connectivity index (χ2v) is 10.9. The van der Waals surface area contributed by atoms with Crippen LogP contribution in [0.1, 0.15) is 60.3 Å². The van der Waals surface area contributed by atoms with E-state index in [4.69, 9.17) is 4.74 Å². The molecule has 0 spiro atoms. The summed E-state index contributed by atoms with van der Waals surface area (Å²) >= 11 is 1.34. The van der Waals surface area contributed by atoms with Crippen molar-refractivity contribution in [3.63, 3.8) is 0 Å². The van der Waals surface area contributed by atoms with Crippen LogP contribution in [0.2, 0.25) is 0 Å². The van der Waals surface area contributed by atoms with Crippen LogP contribution in [0.3, 0.4) is 0 Å². The summed E-state index contributed by atoms with van der Waals surface area (Å²) in [7, 11) is 0. The minimum atomic E-state index is -0.774. The number of amides is 1. The van der Waals surface area contributed by atoms with E-state index in [9.17, 15) is 13.6 Å². The predicted octanol–water partition coefficient (Wildman–Crippen LogP) is 4.00. The van der Waals surface area contributed by atoms with E-state index in [1.54, 1.807) is 6.20 Å². The Kier molecular flexibility index (Phi) is 7.89. The third-order valence-corrected chi connectivity index (χ3v) is 8.50. The Labute approximate surface area is 208 Å². The van der Waals surface area contributed by atoms with Crippen molar-refractivity contribution < 1.29 is 18.3 Å². The van der Waals surface area contributed by atoms with Gasteiger partial charge in [-0.1, -0.05) is 11.3 Å². The Bertz CT molecular complexity index is 1010. The quantitative estimate of drug-likeness (QED) is 0.585. The zero-order valence-electron chi connectivity index (χ0n) is 19.9. The molecule has 1 N–H and O–H groups in total. The average Bonchev–Trinajstić information content (AvgIpc) is 3.33. The summed E-state index contributed by atoms with van der Waals surface area (Å²) in [4.78, 5) is 26.0. The van der Waals surface area contributed by atoms with Gasteiger partial charge in [-0.25, -0.2) is 13.8 Å². The van der Waals surface area contributed by atoms with Crippen molar-refractivity contribution in [2.45, 2.75) is 63.6 Å². The van der Waals surface area contributed by atoms with Gasteiger partial charge in [0.2, 0.25) is 0 Å². The molecule has 190 valence electrons. The molecule has 2 aliphatic heterocycles. The maximum Gasteiger partial charge on any atom is 0.263 e. The number of halogens is 2. The van der Waals surface area contributed by atoms with E-state index in [0.717, 1.165) is 56.5 Å². The molecule has 35 heavy (non-hydrogen) atoms. The van der Waals surface area contributed by atoms with Gasteiger partial charge >= 0.3 is 0 Å². The summed E-state index contributed by atoms with van der Waals surface area (Å²) in [5, 5.41) is 3.48. The Hall–Kier alpha value is -2.17. The second kappa shape index (κ2) is 11.3. The van der Waals surface area contributed by atoms with Crippen molar-refractivity contribution in [3.05, 3.63) is 40.7 Å². The number of aromatic nitrogens is 2. The second-order valence-electron chi connectivity index (χ2n) is 9.88. The number of hydrogen-bond donors (Lipinski definition) is 1. The Morgan fingerprint density at radius 3 is 2.66 bits per heavy atom. The van der Waals surface area contributed by atoms with E-state index in [1.165, 1.54) is 50.0 Å². The largest absolute Gasteiger partial charge is 0.378 e. The van der Waals surface area contributed by atoms with Crippen LogP contribution in [0.15, 0.2) is 18.5 Å². The molecule has 1 saturated carbocycles. The first-order valence-electron chi connectivity index (χ1n) is 12.7. The van der Waals surface area contributed by atoms with E-state index < -0.39 is 11.6 Å². The first-order valence-corrected chi connectivity index (χ1v) is 13.5. The van der Waals surface area contributed by atoms with Crippen LogP contribution in [0.25, 0.3) is 0 Å². The fourth-order valence-corrected chi connectivity index (χ4v) is 6.02. The first-order chi connectivity index (χ1) is 17.0. The minimum absolute atomic E-state index is 0.00103. The molecule has 2 saturated heterocycles. The van der Waals surface area contributed by atoms with Crippen molar-refractivity contribution in [2.24, 2.45) is 5.92 Å². The minimum Gasteiger partial charge on any atom is -0.378 e. The van der Waals surface area contributed by atoms with Gasteiger partial charge in [-0.3, -0.25) is 14.7 Å². The van der Waals surface area contributed by atoms with Gasteiger partial charge in [-0.15, -0.1) is 0 Å². The van der Waals surface area contributed by atoms with Gasteiger partial charge < -0.3 is 15.0 Å². The number of nitrogens with zero attached hydrogens (tertiary/aromatic N) is 4. The molecule has 0 bridgehead atoms. The summed E-state index contributed by atoms with van der Waals surface area (Å²) < 4.78 is 32.8. The summed E-state index contributed by atoms with van der Waals surface area (Å²) in [6.45, 7) is 4.96. The smallest absolute Gasteiger partial charge is 0.263 e. The highest BCUT2D eigenvalue weighted by molar-refractivity contribution is 7.17. The van der Waals surface area contributed by atoms with Gasteiger partial charge in [0.1, 0.15) is 16.5 Å². The SMILES string of the molecule is O=C(NCc1ncc(F)cc1F)c1cnc(N2CCC(N3CCC[C@@H](COC4CCC4)C3)CC2)s1. The monoisotopic (exact) mass is 505 g/mol. The summed E-state index contributed by atoms with van der Waals surface area (Å²) in [6.07, 6.45) is 11.5. The lowest BCUT2D eigenvalue weighted by Gasteiger charge is -2.42. The fourth-order valence-electron chi connectivity index (χ4n) is 5.14. The molecular formula is C25H33F2N5O2S. The highest BCUT2D eigenvalue weighted by Crippen LogP contribution is 2.30. The number of carbonyl (C=O) groups is 1. The van der Waals surface area contributed by atoms with E-state index in [1.807, 2.05) is 0 Å². The van der Waals surface area contributed by atoms with Crippen molar-refractivity contribution in [1.29, 1.82) is 0 Å². The number of thiazole rings is 1. The number of anilines is 1. The molecule has 2 aromatic rings.